The van der Waals surface area contributed by atoms with Gasteiger partial charge in [-0.3, -0.25) is 4.79 Å². The molecule has 0 atom stereocenters. The summed E-state index contributed by atoms with van der Waals surface area (Å²) in [7, 11) is 0. The van der Waals surface area contributed by atoms with Gasteiger partial charge in [0.05, 0.1) is 17.9 Å². The summed E-state index contributed by atoms with van der Waals surface area (Å²) in [6.07, 6.45) is 0. The number of carbonyl (C=O) groups is 1. The molecule has 0 saturated heterocycles. The molecule has 5 nitrogen and oxygen atoms in total. The van der Waals surface area contributed by atoms with Gasteiger partial charge in [0.25, 0.3) is 0 Å². The lowest BCUT2D eigenvalue weighted by atomic mass is 10.2. The lowest BCUT2D eigenvalue weighted by molar-refractivity contribution is -0.119. The highest BCUT2D eigenvalue weighted by atomic mass is 19.3. The van der Waals surface area contributed by atoms with Gasteiger partial charge < -0.3 is 21.1 Å². The van der Waals surface area contributed by atoms with Crippen molar-refractivity contribution in [1.82, 2.24) is 5.32 Å². The molecule has 112 valence electrons. The van der Waals surface area contributed by atoms with Crippen LogP contribution in [0.3, 0.4) is 0 Å². The second kappa shape index (κ2) is 6.88. The van der Waals surface area contributed by atoms with Gasteiger partial charge >= 0.3 is 6.61 Å². The van der Waals surface area contributed by atoms with Gasteiger partial charge in [-0.25, -0.2) is 4.39 Å². The van der Waals surface area contributed by atoms with Crippen molar-refractivity contribution < 1.29 is 22.7 Å². The van der Waals surface area contributed by atoms with E-state index >= 15 is 0 Å². The van der Waals surface area contributed by atoms with Crippen molar-refractivity contribution in [3.8, 4) is 5.75 Å². The van der Waals surface area contributed by atoms with E-state index in [2.05, 4.69) is 15.4 Å². The largest absolute Gasteiger partial charge is 0.432 e. The Bertz CT molecular complexity index is 481. The molecule has 0 aliphatic carbocycles. The van der Waals surface area contributed by atoms with Crippen LogP contribution in [-0.2, 0) is 4.79 Å². The zero-order valence-corrected chi connectivity index (χ0v) is 11.0. The monoisotopic (exact) mass is 291 g/mol. The number of benzene rings is 1. The SMILES string of the molecule is CC(C)NC(=O)CNc1cc(OC(F)F)c(F)cc1N. The van der Waals surface area contributed by atoms with Gasteiger partial charge in [0.1, 0.15) is 0 Å². The Hall–Kier alpha value is -2.12. The zero-order valence-electron chi connectivity index (χ0n) is 11.0. The third-order valence-electron chi connectivity index (χ3n) is 2.21. The van der Waals surface area contributed by atoms with E-state index < -0.39 is 18.2 Å². The molecule has 0 spiro atoms. The number of ether oxygens (including phenoxy) is 1. The zero-order chi connectivity index (χ0) is 15.3. The molecule has 0 aliphatic heterocycles. The number of carbonyl (C=O) groups excluding carboxylic acids is 1. The average Bonchev–Trinajstić information content (AvgIpc) is 2.29. The van der Waals surface area contributed by atoms with E-state index in [1.54, 1.807) is 13.8 Å². The first-order valence-electron chi connectivity index (χ1n) is 5.86. The van der Waals surface area contributed by atoms with Gasteiger partial charge in [0.2, 0.25) is 5.91 Å². The Morgan fingerprint density at radius 1 is 1.40 bits per heavy atom. The van der Waals surface area contributed by atoms with Gasteiger partial charge in [0.15, 0.2) is 11.6 Å². The first kappa shape index (κ1) is 15.9. The van der Waals surface area contributed by atoms with E-state index in [9.17, 15) is 18.0 Å². The van der Waals surface area contributed by atoms with E-state index in [-0.39, 0.29) is 29.9 Å². The molecule has 0 radical (unpaired) electrons. The van der Waals surface area contributed by atoms with Crippen LogP contribution in [0.5, 0.6) is 5.75 Å². The van der Waals surface area contributed by atoms with Crippen molar-refractivity contribution in [2.45, 2.75) is 26.5 Å². The summed E-state index contributed by atoms with van der Waals surface area (Å²) in [5, 5.41) is 5.25. The minimum Gasteiger partial charge on any atom is -0.432 e. The molecule has 0 fully saturated rings. The van der Waals surface area contributed by atoms with E-state index in [0.717, 1.165) is 12.1 Å². The van der Waals surface area contributed by atoms with Crippen LogP contribution in [0.15, 0.2) is 12.1 Å². The molecular formula is C12H16F3N3O2. The molecule has 4 N–H and O–H groups in total. The predicted molar refractivity (Wildman–Crippen MR) is 69.2 cm³/mol. The molecule has 0 saturated carbocycles. The maximum Gasteiger partial charge on any atom is 0.387 e. The second-order valence-corrected chi connectivity index (χ2v) is 4.32. The topological polar surface area (TPSA) is 76.4 Å². The third-order valence-corrected chi connectivity index (χ3v) is 2.21. The highest BCUT2D eigenvalue weighted by molar-refractivity contribution is 5.82. The fraction of sp³-hybridized carbons (Fsp3) is 0.417. The third kappa shape index (κ3) is 4.87. The summed E-state index contributed by atoms with van der Waals surface area (Å²) in [4.78, 5) is 11.4. The van der Waals surface area contributed by atoms with Crippen molar-refractivity contribution in [2.75, 3.05) is 17.6 Å². The van der Waals surface area contributed by atoms with Crippen molar-refractivity contribution in [1.29, 1.82) is 0 Å². The molecule has 0 unspecified atom stereocenters. The Balaban J connectivity index is 2.76. The van der Waals surface area contributed by atoms with Crippen LogP contribution >= 0.6 is 0 Å². The van der Waals surface area contributed by atoms with Gasteiger partial charge in [0, 0.05) is 18.2 Å². The number of anilines is 2. The molecule has 1 rings (SSSR count). The highest BCUT2D eigenvalue weighted by Crippen LogP contribution is 2.29. The number of nitrogens with one attached hydrogen (secondary N) is 2. The summed E-state index contributed by atoms with van der Waals surface area (Å²) in [6, 6.07) is 1.80. The molecule has 0 aromatic heterocycles. The van der Waals surface area contributed by atoms with Crippen LogP contribution in [0, 0.1) is 5.82 Å². The number of amides is 1. The molecule has 8 heteroatoms. The van der Waals surface area contributed by atoms with E-state index in [1.807, 2.05) is 0 Å². The fourth-order valence-electron chi connectivity index (χ4n) is 1.46. The summed E-state index contributed by atoms with van der Waals surface area (Å²) in [5.41, 5.74) is 5.66. The smallest absolute Gasteiger partial charge is 0.387 e. The van der Waals surface area contributed by atoms with Crippen LogP contribution in [0.4, 0.5) is 24.5 Å². The standard InChI is InChI=1S/C12H16F3N3O2/c1-6(2)18-11(19)5-17-9-4-10(20-12(14)15)7(13)3-8(9)16/h3-4,6,12,17H,5,16H2,1-2H3,(H,18,19). The van der Waals surface area contributed by atoms with Gasteiger partial charge in [-0.15, -0.1) is 0 Å². The van der Waals surface area contributed by atoms with E-state index in [4.69, 9.17) is 5.73 Å². The quantitative estimate of drug-likeness (QED) is 0.700. The molecule has 1 amide bonds. The minimum atomic E-state index is -3.15. The number of rotatable bonds is 6. The summed E-state index contributed by atoms with van der Waals surface area (Å²) in [6.45, 7) is 0.310. The van der Waals surface area contributed by atoms with Crippen molar-refractivity contribution in [3.63, 3.8) is 0 Å². The number of hydrogen-bond acceptors (Lipinski definition) is 4. The summed E-state index contributed by atoms with van der Waals surface area (Å²) in [5.74, 6) is -1.94. The molecule has 1 aromatic carbocycles. The Labute approximate surface area is 114 Å². The van der Waals surface area contributed by atoms with Crippen molar-refractivity contribution in [2.24, 2.45) is 0 Å². The second-order valence-electron chi connectivity index (χ2n) is 4.32. The molecule has 0 heterocycles. The number of nitrogens with two attached hydrogens (primary N) is 1. The minimum absolute atomic E-state index is 0.0125. The van der Waals surface area contributed by atoms with Crippen molar-refractivity contribution >= 4 is 17.3 Å². The lowest BCUT2D eigenvalue weighted by Crippen LogP contribution is -2.34. The van der Waals surface area contributed by atoms with Crippen LogP contribution in [-0.4, -0.2) is 25.1 Å². The van der Waals surface area contributed by atoms with Crippen LogP contribution in [0.1, 0.15) is 13.8 Å². The van der Waals surface area contributed by atoms with E-state index in [1.165, 1.54) is 0 Å². The number of halogens is 3. The average molecular weight is 291 g/mol. The lowest BCUT2D eigenvalue weighted by Gasteiger charge is -2.13. The van der Waals surface area contributed by atoms with Gasteiger partial charge in [-0.05, 0) is 13.8 Å². The first-order chi connectivity index (χ1) is 9.29. The maximum atomic E-state index is 13.3. The summed E-state index contributed by atoms with van der Waals surface area (Å²) < 4.78 is 41.5. The Morgan fingerprint density at radius 2 is 2.05 bits per heavy atom. The number of alkyl halides is 2. The predicted octanol–water partition coefficient (Wildman–Crippen LogP) is 1.95. The molecule has 20 heavy (non-hydrogen) atoms. The van der Waals surface area contributed by atoms with Crippen LogP contribution < -0.4 is 21.1 Å². The molecule has 1 aromatic rings. The van der Waals surface area contributed by atoms with Gasteiger partial charge in [-0.1, -0.05) is 0 Å². The number of hydrogen-bond donors (Lipinski definition) is 3. The molecular weight excluding hydrogens is 275 g/mol. The normalized spacial score (nSPS) is 10.8. The first-order valence-corrected chi connectivity index (χ1v) is 5.86. The summed E-state index contributed by atoms with van der Waals surface area (Å²) >= 11 is 0. The Morgan fingerprint density at radius 3 is 2.60 bits per heavy atom. The maximum absolute atomic E-state index is 13.3. The van der Waals surface area contributed by atoms with Crippen LogP contribution in [0.2, 0.25) is 0 Å². The fourth-order valence-corrected chi connectivity index (χ4v) is 1.46. The van der Waals surface area contributed by atoms with Gasteiger partial charge in [-0.2, -0.15) is 8.78 Å². The highest BCUT2D eigenvalue weighted by Gasteiger charge is 2.14. The van der Waals surface area contributed by atoms with Crippen molar-refractivity contribution in [3.05, 3.63) is 17.9 Å². The Kier molecular flexibility index (Phi) is 5.48. The van der Waals surface area contributed by atoms with E-state index in [0.29, 0.717) is 0 Å². The molecule has 0 bridgehead atoms. The number of nitrogen functional groups attached to an aromatic ring is 1. The molecule has 0 aliphatic rings. The van der Waals surface area contributed by atoms with Crippen LogP contribution in [0.25, 0.3) is 0 Å².